The van der Waals surface area contributed by atoms with E-state index in [2.05, 4.69) is 5.32 Å². The van der Waals surface area contributed by atoms with Gasteiger partial charge in [-0.3, -0.25) is 4.79 Å². The van der Waals surface area contributed by atoms with Crippen LogP contribution in [0.15, 0.2) is 0 Å². The van der Waals surface area contributed by atoms with Gasteiger partial charge in [-0.25, -0.2) is 13.2 Å². The van der Waals surface area contributed by atoms with Gasteiger partial charge in [0.1, 0.15) is 6.54 Å². The van der Waals surface area contributed by atoms with Crippen LogP contribution in [-0.2, 0) is 14.6 Å². The zero-order chi connectivity index (χ0) is 15.5. The first kappa shape index (κ1) is 16.1. The molecule has 120 valence electrons. The number of carboxylic acids is 1. The molecular weight excluding hydrogens is 296 g/mol. The molecule has 1 saturated heterocycles. The molecule has 21 heavy (non-hydrogen) atoms. The van der Waals surface area contributed by atoms with Gasteiger partial charge in [0.05, 0.1) is 11.5 Å². The van der Waals surface area contributed by atoms with Crippen molar-refractivity contribution in [2.24, 2.45) is 0 Å². The van der Waals surface area contributed by atoms with E-state index in [9.17, 15) is 18.0 Å². The number of carbonyl (C=O) groups excluding carboxylic acids is 1. The Morgan fingerprint density at radius 2 is 1.81 bits per heavy atom. The number of urea groups is 1. The van der Waals surface area contributed by atoms with Crippen molar-refractivity contribution in [2.75, 3.05) is 18.1 Å². The van der Waals surface area contributed by atoms with Crippen LogP contribution >= 0.6 is 0 Å². The molecule has 2 fully saturated rings. The maximum Gasteiger partial charge on any atom is 0.323 e. The summed E-state index contributed by atoms with van der Waals surface area (Å²) in [6.07, 6.45) is 4.76. The van der Waals surface area contributed by atoms with E-state index in [4.69, 9.17) is 5.11 Å². The number of hydrogen-bond donors (Lipinski definition) is 2. The highest BCUT2D eigenvalue weighted by molar-refractivity contribution is 7.91. The molecule has 1 heterocycles. The van der Waals surface area contributed by atoms with Crippen molar-refractivity contribution in [3.63, 3.8) is 0 Å². The zero-order valence-corrected chi connectivity index (χ0v) is 12.8. The first-order valence-electron chi connectivity index (χ1n) is 7.37. The topological polar surface area (TPSA) is 104 Å². The second-order valence-electron chi connectivity index (χ2n) is 5.86. The molecule has 2 aliphatic rings. The van der Waals surface area contributed by atoms with E-state index in [1.807, 2.05) is 0 Å². The van der Waals surface area contributed by atoms with Gasteiger partial charge in [-0.2, -0.15) is 0 Å². The van der Waals surface area contributed by atoms with Crippen molar-refractivity contribution >= 4 is 21.8 Å². The molecule has 0 aromatic rings. The summed E-state index contributed by atoms with van der Waals surface area (Å²) in [5.74, 6) is -0.932. The molecule has 2 N–H and O–H groups in total. The van der Waals surface area contributed by atoms with E-state index in [0.29, 0.717) is 12.8 Å². The Kier molecular flexibility index (Phi) is 5.08. The highest BCUT2D eigenvalue weighted by Gasteiger charge is 2.31. The van der Waals surface area contributed by atoms with Gasteiger partial charge in [-0.1, -0.05) is 12.8 Å². The van der Waals surface area contributed by atoms with Crippen LogP contribution in [0.1, 0.15) is 38.5 Å². The van der Waals surface area contributed by atoms with Gasteiger partial charge in [0, 0.05) is 12.1 Å². The van der Waals surface area contributed by atoms with Crippen molar-refractivity contribution in [1.29, 1.82) is 0 Å². The highest BCUT2D eigenvalue weighted by atomic mass is 32.2. The minimum Gasteiger partial charge on any atom is -0.480 e. The number of sulfone groups is 1. The Hall–Kier alpha value is -1.31. The molecule has 7 nitrogen and oxygen atoms in total. The predicted octanol–water partition coefficient (Wildman–Crippen LogP) is 0.602. The fourth-order valence-electron chi connectivity index (χ4n) is 3.12. The fraction of sp³-hybridized carbons (Fsp3) is 0.846. The largest absolute Gasteiger partial charge is 0.480 e. The van der Waals surface area contributed by atoms with Gasteiger partial charge in [-0.15, -0.1) is 0 Å². The van der Waals surface area contributed by atoms with Gasteiger partial charge in [0.2, 0.25) is 0 Å². The Morgan fingerprint density at radius 1 is 1.14 bits per heavy atom. The molecule has 1 aliphatic carbocycles. The number of nitrogens with one attached hydrogen (secondary N) is 1. The van der Waals surface area contributed by atoms with Crippen LogP contribution in [0.3, 0.4) is 0 Å². The van der Waals surface area contributed by atoms with Crippen LogP contribution in [-0.4, -0.2) is 60.6 Å². The number of nitrogens with zero attached hydrogens (tertiary/aromatic N) is 1. The molecule has 0 aromatic carbocycles. The van der Waals surface area contributed by atoms with E-state index in [0.717, 1.165) is 25.7 Å². The van der Waals surface area contributed by atoms with Crippen LogP contribution in [0.5, 0.6) is 0 Å². The third kappa shape index (κ3) is 4.59. The Labute approximate surface area is 124 Å². The van der Waals surface area contributed by atoms with Crippen molar-refractivity contribution in [3.8, 4) is 0 Å². The molecule has 0 bridgehead atoms. The molecule has 0 radical (unpaired) electrons. The number of aliphatic carboxylic acids is 1. The van der Waals surface area contributed by atoms with Crippen molar-refractivity contribution in [1.82, 2.24) is 10.2 Å². The number of rotatable bonds is 4. The quantitative estimate of drug-likeness (QED) is 0.790. The normalized spacial score (nSPS) is 25.4. The SMILES string of the molecule is O=C(O)CN(C(=O)NC1CCCS(=O)(=O)C1)C1CCCC1. The summed E-state index contributed by atoms with van der Waals surface area (Å²) in [6, 6.07) is -0.915. The van der Waals surface area contributed by atoms with Crippen molar-refractivity contribution < 1.29 is 23.1 Å². The Balaban J connectivity index is 1.98. The van der Waals surface area contributed by atoms with Crippen molar-refractivity contribution in [2.45, 2.75) is 50.6 Å². The molecule has 1 atom stereocenters. The lowest BCUT2D eigenvalue weighted by atomic mass is 10.2. The number of hydrogen-bond acceptors (Lipinski definition) is 4. The van der Waals surface area contributed by atoms with Gasteiger partial charge >= 0.3 is 12.0 Å². The molecule has 0 spiro atoms. The third-order valence-electron chi connectivity index (χ3n) is 4.12. The van der Waals surface area contributed by atoms with Crippen LogP contribution in [0.2, 0.25) is 0 Å². The molecule has 2 rings (SSSR count). The van der Waals surface area contributed by atoms with Gasteiger partial charge in [0.25, 0.3) is 0 Å². The second kappa shape index (κ2) is 6.64. The third-order valence-corrected chi connectivity index (χ3v) is 5.94. The summed E-state index contributed by atoms with van der Waals surface area (Å²) >= 11 is 0. The second-order valence-corrected chi connectivity index (χ2v) is 8.09. The van der Waals surface area contributed by atoms with E-state index >= 15 is 0 Å². The first-order valence-corrected chi connectivity index (χ1v) is 9.19. The van der Waals surface area contributed by atoms with Gasteiger partial charge in [-0.05, 0) is 25.7 Å². The lowest BCUT2D eigenvalue weighted by Gasteiger charge is -2.31. The summed E-state index contributed by atoms with van der Waals surface area (Å²) < 4.78 is 23.2. The van der Waals surface area contributed by atoms with Crippen LogP contribution < -0.4 is 5.32 Å². The molecule has 1 unspecified atom stereocenters. The minimum absolute atomic E-state index is 0.0513. The summed E-state index contributed by atoms with van der Waals surface area (Å²) in [5, 5.41) is 11.7. The molecular formula is C13H22N2O5S. The predicted molar refractivity (Wildman–Crippen MR) is 76.8 cm³/mol. The molecule has 1 aliphatic heterocycles. The average molecular weight is 318 g/mol. The van der Waals surface area contributed by atoms with E-state index in [-0.39, 0.29) is 24.1 Å². The van der Waals surface area contributed by atoms with Crippen molar-refractivity contribution in [3.05, 3.63) is 0 Å². The Morgan fingerprint density at radius 3 is 2.38 bits per heavy atom. The lowest BCUT2D eigenvalue weighted by Crippen LogP contribution is -2.52. The van der Waals surface area contributed by atoms with Gasteiger partial charge < -0.3 is 15.3 Å². The van der Waals surface area contributed by atoms with E-state index < -0.39 is 27.9 Å². The monoisotopic (exact) mass is 318 g/mol. The van der Waals surface area contributed by atoms with Gasteiger partial charge in [0.15, 0.2) is 9.84 Å². The highest BCUT2D eigenvalue weighted by Crippen LogP contribution is 2.23. The maximum atomic E-state index is 12.3. The maximum absolute atomic E-state index is 12.3. The summed E-state index contributed by atoms with van der Waals surface area (Å²) in [7, 11) is -3.09. The molecule has 1 saturated carbocycles. The first-order chi connectivity index (χ1) is 9.87. The summed E-state index contributed by atoms with van der Waals surface area (Å²) in [6.45, 7) is -0.337. The minimum atomic E-state index is -3.09. The molecule has 0 aromatic heterocycles. The summed E-state index contributed by atoms with van der Waals surface area (Å²) in [5.41, 5.74) is 0. The van der Waals surface area contributed by atoms with Crippen LogP contribution in [0.25, 0.3) is 0 Å². The molecule has 2 amide bonds. The summed E-state index contributed by atoms with van der Waals surface area (Å²) in [4.78, 5) is 24.6. The molecule has 8 heteroatoms. The van der Waals surface area contributed by atoms with E-state index in [1.54, 1.807) is 0 Å². The number of amides is 2. The number of carbonyl (C=O) groups is 2. The zero-order valence-electron chi connectivity index (χ0n) is 12.0. The average Bonchev–Trinajstić information content (AvgIpc) is 2.87. The fourth-order valence-corrected chi connectivity index (χ4v) is 4.76. The van der Waals surface area contributed by atoms with E-state index in [1.165, 1.54) is 4.90 Å². The van der Waals surface area contributed by atoms with Crippen LogP contribution in [0.4, 0.5) is 4.79 Å². The van der Waals surface area contributed by atoms with Crippen LogP contribution in [0, 0.1) is 0 Å². The Bertz CT molecular complexity index is 499. The smallest absolute Gasteiger partial charge is 0.323 e. The lowest BCUT2D eigenvalue weighted by molar-refractivity contribution is -0.138. The number of carboxylic acid groups (broad SMARTS) is 1. The standard InChI is InChI=1S/C13H22N2O5S/c16-12(17)8-15(11-5-1-2-6-11)13(18)14-10-4-3-7-21(19,20)9-10/h10-11H,1-9H2,(H,14,18)(H,16,17).